The molecular weight excluding hydrogens is 273 g/mol. The SMILES string of the molecule is CC(N)CC(=O)NCCc1ccccc1OC(F)(F)F. The summed E-state index contributed by atoms with van der Waals surface area (Å²) in [5.74, 6) is -0.476. The first-order valence-corrected chi connectivity index (χ1v) is 6.14. The molecule has 0 saturated heterocycles. The van der Waals surface area contributed by atoms with E-state index in [1.807, 2.05) is 0 Å². The highest BCUT2D eigenvalue weighted by Gasteiger charge is 2.31. The number of para-hydroxylation sites is 1. The largest absolute Gasteiger partial charge is 0.573 e. The van der Waals surface area contributed by atoms with Crippen LogP contribution in [0.15, 0.2) is 24.3 Å². The van der Waals surface area contributed by atoms with Crippen LogP contribution in [0.4, 0.5) is 13.2 Å². The number of nitrogens with one attached hydrogen (secondary N) is 1. The number of halogens is 3. The number of nitrogens with two attached hydrogens (primary N) is 1. The van der Waals surface area contributed by atoms with Gasteiger partial charge < -0.3 is 15.8 Å². The number of hydrogen-bond acceptors (Lipinski definition) is 3. The number of hydrogen-bond donors (Lipinski definition) is 2. The van der Waals surface area contributed by atoms with E-state index in [0.717, 1.165) is 0 Å². The summed E-state index contributed by atoms with van der Waals surface area (Å²) < 4.78 is 40.6. The Morgan fingerprint density at radius 3 is 2.65 bits per heavy atom. The molecule has 0 bridgehead atoms. The molecule has 1 aromatic rings. The number of carbonyl (C=O) groups excluding carboxylic acids is 1. The van der Waals surface area contributed by atoms with Crippen LogP contribution in [0.25, 0.3) is 0 Å². The van der Waals surface area contributed by atoms with E-state index in [9.17, 15) is 18.0 Å². The molecule has 0 aliphatic rings. The van der Waals surface area contributed by atoms with Crippen molar-refractivity contribution in [3.05, 3.63) is 29.8 Å². The van der Waals surface area contributed by atoms with Crippen LogP contribution in [0.3, 0.4) is 0 Å². The van der Waals surface area contributed by atoms with Gasteiger partial charge in [-0.15, -0.1) is 13.2 Å². The van der Waals surface area contributed by atoms with Crippen molar-refractivity contribution in [2.24, 2.45) is 5.73 Å². The molecule has 0 radical (unpaired) electrons. The van der Waals surface area contributed by atoms with Gasteiger partial charge in [0.05, 0.1) is 0 Å². The van der Waals surface area contributed by atoms with Gasteiger partial charge in [-0.1, -0.05) is 18.2 Å². The van der Waals surface area contributed by atoms with E-state index < -0.39 is 6.36 Å². The molecule has 0 spiro atoms. The molecule has 7 heteroatoms. The lowest BCUT2D eigenvalue weighted by Gasteiger charge is -2.13. The number of ether oxygens (including phenoxy) is 1. The molecule has 0 aromatic heterocycles. The van der Waals surface area contributed by atoms with Crippen molar-refractivity contribution >= 4 is 5.91 Å². The zero-order valence-electron chi connectivity index (χ0n) is 11.0. The molecule has 0 fully saturated rings. The van der Waals surface area contributed by atoms with E-state index in [4.69, 9.17) is 5.73 Å². The molecule has 112 valence electrons. The summed E-state index contributed by atoms with van der Waals surface area (Å²) in [6.07, 6.45) is -4.30. The predicted octanol–water partition coefficient (Wildman–Crippen LogP) is 1.98. The van der Waals surface area contributed by atoms with Crippen molar-refractivity contribution in [1.82, 2.24) is 5.32 Å². The minimum absolute atomic E-state index is 0.181. The molecule has 1 unspecified atom stereocenters. The van der Waals surface area contributed by atoms with E-state index in [1.54, 1.807) is 13.0 Å². The van der Waals surface area contributed by atoms with Crippen LogP contribution in [0.5, 0.6) is 5.75 Å². The molecule has 0 saturated carbocycles. The van der Waals surface area contributed by atoms with Crippen LogP contribution in [-0.4, -0.2) is 24.9 Å². The van der Waals surface area contributed by atoms with E-state index in [0.29, 0.717) is 5.56 Å². The van der Waals surface area contributed by atoms with Crippen LogP contribution in [0.1, 0.15) is 18.9 Å². The summed E-state index contributed by atoms with van der Waals surface area (Å²) in [5, 5.41) is 2.60. The minimum Gasteiger partial charge on any atom is -0.406 e. The second-order valence-electron chi connectivity index (χ2n) is 4.44. The standard InChI is InChI=1S/C13H17F3N2O2/c1-9(17)8-12(19)18-7-6-10-4-2-3-5-11(10)20-13(14,15)16/h2-5,9H,6-8,17H2,1H3,(H,18,19). The van der Waals surface area contributed by atoms with Crippen molar-refractivity contribution in [3.63, 3.8) is 0 Å². The predicted molar refractivity (Wildman–Crippen MR) is 68.1 cm³/mol. The molecule has 1 amide bonds. The second kappa shape index (κ2) is 7.14. The molecule has 20 heavy (non-hydrogen) atoms. The highest BCUT2D eigenvalue weighted by molar-refractivity contribution is 5.76. The van der Waals surface area contributed by atoms with Gasteiger partial charge in [0.25, 0.3) is 0 Å². The maximum absolute atomic E-state index is 12.2. The van der Waals surface area contributed by atoms with Gasteiger partial charge in [-0.05, 0) is 25.0 Å². The third-order valence-corrected chi connectivity index (χ3v) is 2.42. The van der Waals surface area contributed by atoms with Gasteiger partial charge in [0.15, 0.2) is 0 Å². The van der Waals surface area contributed by atoms with Crippen LogP contribution < -0.4 is 15.8 Å². The highest BCUT2D eigenvalue weighted by atomic mass is 19.4. The third-order valence-electron chi connectivity index (χ3n) is 2.42. The van der Waals surface area contributed by atoms with Gasteiger partial charge in [-0.25, -0.2) is 0 Å². The fourth-order valence-electron chi connectivity index (χ4n) is 1.64. The van der Waals surface area contributed by atoms with E-state index in [-0.39, 0.29) is 37.1 Å². The van der Waals surface area contributed by atoms with Gasteiger partial charge in [0.2, 0.25) is 5.91 Å². The van der Waals surface area contributed by atoms with Crippen molar-refractivity contribution in [3.8, 4) is 5.75 Å². The van der Waals surface area contributed by atoms with Gasteiger partial charge >= 0.3 is 6.36 Å². The number of carbonyl (C=O) groups is 1. The summed E-state index contributed by atoms with van der Waals surface area (Å²) in [7, 11) is 0. The first-order valence-electron chi connectivity index (χ1n) is 6.14. The maximum Gasteiger partial charge on any atom is 0.573 e. The van der Waals surface area contributed by atoms with Gasteiger partial charge in [-0.3, -0.25) is 4.79 Å². The third kappa shape index (κ3) is 6.42. The van der Waals surface area contributed by atoms with E-state index in [1.165, 1.54) is 18.2 Å². The topological polar surface area (TPSA) is 64.4 Å². The second-order valence-corrected chi connectivity index (χ2v) is 4.44. The quantitative estimate of drug-likeness (QED) is 0.842. The van der Waals surface area contributed by atoms with Gasteiger partial charge in [0.1, 0.15) is 5.75 Å². The van der Waals surface area contributed by atoms with E-state index in [2.05, 4.69) is 10.1 Å². The zero-order valence-corrected chi connectivity index (χ0v) is 11.0. The lowest BCUT2D eigenvalue weighted by Crippen LogP contribution is -2.31. The Kier molecular flexibility index (Phi) is 5.82. The monoisotopic (exact) mass is 290 g/mol. The molecular formula is C13H17F3N2O2. The molecule has 0 aliphatic heterocycles. The van der Waals surface area contributed by atoms with Crippen molar-refractivity contribution < 1.29 is 22.7 Å². The Bertz CT molecular complexity index is 447. The van der Waals surface area contributed by atoms with Crippen molar-refractivity contribution in [2.45, 2.75) is 32.2 Å². The smallest absolute Gasteiger partial charge is 0.406 e. The number of rotatable bonds is 6. The molecule has 0 heterocycles. The van der Waals surface area contributed by atoms with Crippen molar-refractivity contribution in [1.29, 1.82) is 0 Å². The molecule has 1 atom stereocenters. The lowest BCUT2D eigenvalue weighted by atomic mass is 10.1. The normalized spacial score (nSPS) is 12.8. The van der Waals surface area contributed by atoms with E-state index >= 15 is 0 Å². The molecule has 1 rings (SSSR count). The molecule has 1 aromatic carbocycles. The van der Waals surface area contributed by atoms with Crippen LogP contribution in [0.2, 0.25) is 0 Å². The Morgan fingerprint density at radius 1 is 1.40 bits per heavy atom. The Morgan fingerprint density at radius 2 is 2.05 bits per heavy atom. The minimum atomic E-state index is -4.73. The summed E-state index contributed by atoms with van der Waals surface area (Å²) in [6.45, 7) is 1.93. The first-order chi connectivity index (χ1) is 9.28. The van der Waals surface area contributed by atoms with Crippen molar-refractivity contribution in [2.75, 3.05) is 6.54 Å². The Labute approximate surface area is 115 Å². The lowest BCUT2D eigenvalue weighted by molar-refractivity contribution is -0.274. The fraction of sp³-hybridized carbons (Fsp3) is 0.462. The molecule has 0 aliphatic carbocycles. The average Bonchev–Trinajstić information content (AvgIpc) is 2.28. The number of benzene rings is 1. The average molecular weight is 290 g/mol. The highest BCUT2D eigenvalue weighted by Crippen LogP contribution is 2.26. The fourth-order valence-corrected chi connectivity index (χ4v) is 1.64. The summed E-state index contributed by atoms with van der Waals surface area (Å²) >= 11 is 0. The number of alkyl halides is 3. The summed E-state index contributed by atoms with van der Waals surface area (Å²) in [6, 6.07) is 5.59. The Balaban J connectivity index is 2.54. The summed E-state index contributed by atoms with van der Waals surface area (Å²) in [5.41, 5.74) is 5.84. The van der Waals surface area contributed by atoms with Gasteiger partial charge in [0, 0.05) is 19.0 Å². The molecule has 4 nitrogen and oxygen atoms in total. The van der Waals surface area contributed by atoms with Crippen LogP contribution in [0, 0.1) is 0 Å². The van der Waals surface area contributed by atoms with Crippen LogP contribution in [-0.2, 0) is 11.2 Å². The maximum atomic E-state index is 12.2. The molecule has 3 N–H and O–H groups in total. The Hall–Kier alpha value is -1.76. The van der Waals surface area contributed by atoms with Gasteiger partial charge in [-0.2, -0.15) is 0 Å². The number of amides is 1. The summed E-state index contributed by atoms with van der Waals surface area (Å²) in [4.78, 5) is 11.4. The van der Waals surface area contributed by atoms with Crippen LogP contribution >= 0.6 is 0 Å². The zero-order chi connectivity index (χ0) is 15.2. The first kappa shape index (κ1) is 16.3.